The number of benzene rings is 2. The molecule has 3 rings (SSSR count). The molecule has 19 heavy (non-hydrogen) atoms. The lowest BCUT2D eigenvalue weighted by atomic mass is 10.2. The Balaban J connectivity index is 2.14. The third-order valence-corrected chi connectivity index (χ3v) is 3.92. The minimum atomic E-state index is -0.474. The zero-order valence-electron chi connectivity index (χ0n) is 9.93. The Labute approximate surface area is 113 Å². The van der Waals surface area contributed by atoms with E-state index in [4.69, 9.17) is 5.73 Å². The van der Waals surface area contributed by atoms with Gasteiger partial charge in [-0.2, -0.15) is 0 Å². The molecule has 3 aromatic rings. The first-order valence-corrected chi connectivity index (χ1v) is 6.57. The van der Waals surface area contributed by atoms with Crippen molar-refractivity contribution in [2.45, 2.75) is 6.54 Å². The van der Waals surface area contributed by atoms with E-state index in [0.29, 0.717) is 17.1 Å². The van der Waals surface area contributed by atoms with Gasteiger partial charge in [0.25, 0.3) is 0 Å². The van der Waals surface area contributed by atoms with Crippen LogP contribution in [0.25, 0.3) is 20.8 Å². The van der Waals surface area contributed by atoms with Crippen molar-refractivity contribution < 1.29 is 9.50 Å². The maximum Gasteiger partial charge on any atom is 0.137 e. The van der Waals surface area contributed by atoms with Crippen LogP contribution in [0.4, 0.5) is 4.39 Å². The highest BCUT2D eigenvalue weighted by Crippen LogP contribution is 2.33. The van der Waals surface area contributed by atoms with Crippen LogP contribution in [-0.2, 0) is 6.54 Å². The lowest BCUT2D eigenvalue weighted by Crippen LogP contribution is -1.94. The van der Waals surface area contributed by atoms with Crippen LogP contribution in [0.3, 0.4) is 0 Å². The van der Waals surface area contributed by atoms with E-state index in [2.05, 4.69) is 4.98 Å². The van der Waals surface area contributed by atoms with Gasteiger partial charge in [0, 0.05) is 18.2 Å². The second-order valence-corrected chi connectivity index (χ2v) is 5.22. The molecule has 0 fully saturated rings. The van der Waals surface area contributed by atoms with E-state index in [9.17, 15) is 9.50 Å². The largest absolute Gasteiger partial charge is 0.508 e. The summed E-state index contributed by atoms with van der Waals surface area (Å²) in [5.41, 5.74) is 7.84. The number of rotatable bonds is 2. The van der Waals surface area contributed by atoms with Crippen molar-refractivity contribution >= 4 is 21.6 Å². The van der Waals surface area contributed by atoms with Gasteiger partial charge in [0.2, 0.25) is 0 Å². The van der Waals surface area contributed by atoms with Crippen LogP contribution >= 0.6 is 11.3 Å². The normalized spacial score (nSPS) is 11.1. The van der Waals surface area contributed by atoms with Gasteiger partial charge in [0.05, 0.1) is 10.2 Å². The summed E-state index contributed by atoms with van der Waals surface area (Å²) >= 11 is 1.41. The molecule has 0 aliphatic heterocycles. The number of phenolic OH excluding ortho intramolecular Hbond substituents is 1. The third kappa shape index (κ3) is 2.18. The molecule has 0 aliphatic carbocycles. The highest BCUT2D eigenvalue weighted by molar-refractivity contribution is 7.21. The number of phenols is 1. The average Bonchev–Trinajstić information content (AvgIpc) is 2.80. The molecule has 0 radical (unpaired) electrons. The molecule has 0 saturated heterocycles. The van der Waals surface area contributed by atoms with Crippen LogP contribution in [0, 0.1) is 5.82 Å². The Kier molecular flexibility index (Phi) is 2.93. The monoisotopic (exact) mass is 274 g/mol. The summed E-state index contributed by atoms with van der Waals surface area (Å²) in [7, 11) is 0. The van der Waals surface area contributed by atoms with Gasteiger partial charge in [-0.15, -0.1) is 11.3 Å². The molecule has 96 valence electrons. The Bertz CT molecular complexity index is 754. The topological polar surface area (TPSA) is 59.1 Å². The van der Waals surface area contributed by atoms with Gasteiger partial charge in [-0.25, -0.2) is 9.37 Å². The first kappa shape index (κ1) is 12.1. The molecule has 1 aromatic heterocycles. The van der Waals surface area contributed by atoms with Crippen LogP contribution in [0.15, 0.2) is 36.4 Å². The van der Waals surface area contributed by atoms with E-state index in [1.807, 2.05) is 18.2 Å². The van der Waals surface area contributed by atoms with Crippen LogP contribution in [0.5, 0.6) is 5.75 Å². The van der Waals surface area contributed by atoms with Crippen molar-refractivity contribution in [3.8, 4) is 16.3 Å². The molecule has 0 unspecified atom stereocenters. The van der Waals surface area contributed by atoms with Gasteiger partial charge in [-0.05, 0) is 29.8 Å². The molecule has 0 saturated carbocycles. The van der Waals surface area contributed by atoms with Crippen LogP contribution < -0.4 is 5.73 Å². The summed E-state index contributed by atoms with van der Waals surface area (Å²) in [5, 5.41) is 9.82. The molecular formula is C14H11FN2OS. The van der Waals surface area contributed by atoms with Gasteiger partial charge in [0.1, 0.15) is 16.6 Å². The number of aromatic nitrogens is 1. The van der Waals surface area contributed by atoms with E-state index >= 15 is 0 Å². The lowest BCUT2D eigenvalue weighted by molar-refractivity contribution is 0.469. The molecule has 0 spiro atoms. The minimum Gasteiger partial charge on any atom is -0.508 e. The lowest BCUT2D eigenvalue weighted by Gasteiger charge is -1.98. The summed E-state index contributed by atoms with van der Waals surface area (Å²) in [4.78, 5) is 4.40. The molecule has 0 bridgehead atoms. The maximum atomic E-state index is 13.8. The number of thiazole rings is 1. The summed E-state index contributed by atoms with van der Waals surface area (Å²) in [5.74, 6) is -0.564. The van der Waals surface area contributed by atoms with E-state index < -0.39 is 5.82 Å². The summed E-state index contributed by atoms with van der Waals surface area (Å²) in [6.45, 7) is 0.469. The summed E-state index contributed by atoms with van der Waals surface area (Å²) in [6.07, 6.45) is 0. The van der Waals surface area contributed by atoms with Crippen molar-refractivity contribution in [1.82, 2.24) is 4.98 Å². The van der Waals surface area contributed by atoms with E-state index in [-0.39, 0.29) is 5.75 Å². The first-order valence-electron chi connectivity index (χ1n) is 5.76. The second kappa shape index (κ2) is 4.60. The fourth-order valence-corrected chi connectivity index (χ4v) is 2.95. The predicted octanol–water partition coefficient (Wildman–Crippen LogP) is 3.27. The highest BCUT2D eigenvalue weighted by Gasteiger charge is 2.11. The number of aromatic hydroxyl groups is 1. The quantitative estimate of drug-likeness (QED) is 0.754. The Morgan fingerprint density at radius 1 is 1.21 bits per heavy atom. The third-order valence-electron chi connectivity index (χ3n) is 2.87. The number of nitrogens with two attached hydrogens (primary N) is 1. The van der Waals surface area contributed by atoms with Crippen molar-refractivity contribution in [3.05, 3.63) is 47.8 Å². The number of fused-ring (bicyclic) bond motifs is 1. The first-order chi connectivity index (χ1) is 9.17. The molecular weight excluding hydrogens is 263 g/mol. The van der Waals surface area contributed by atoms with E-state index in [0.717, 1.165) is 21.8 Å². The van der Waals surface area contributed by atoms with Crippen molar-refractivity contribution in [2.75, 3.05) is 0 Å². The summed E-state index contributed by atoms with van der Waals surface area (Å²) < 4.78 is 14.8. The van der Waals surface area contributed by atoms with Crippen molar-refractivity contribution in [1.29, 1.82) is 0 Å². The van der Waals surface area contributed by atoms with Crippen molar-refractivity contribution in [2.24, 2.45) is 5.73 Å². The molecule has 0 aliphatic rings. The maximum absolute atomic E-state index is 13.8. The highest BCUT2D eigenvalue weighted by atomic mass is 32.1. The zero-order chi connectivity index (χ0) is 13.4. The van der Waals surface area contributed by atoms with Crippen molar-refractivity contribution in [3.63, 3.8) is 0 Å². The molecule has 0 atom stereocenters. The van der Waals surface area contributed by atoms with Gasteiger partial charge < -0.3 is 10.8 Å². The predicted molar refractivity (Wildman–Crippen MR) is 74.6 cm³/mol. The van der Waals surface area contributed by atoms with E-state index in [1.54, 1.807) is 0 Å². The molecule has 1 heterocycles. The molecule has 3 N–H and O–H groups in total. The number of halogens is 1. The Morgan fingerprint density at radius 3 is 2.79 bits per heavy atom. The van der Waals surface area contributed by atoms with Gasteiger partial charge >= 0.3 is 0 Å². The van der Waals surface area contributed by atoms with Gasteiger partial charge in [-0.3, -0.25) is 0 Å². The minimum absolute atomic E-state index is 0.0900. The molecule has 3 nitrogen and oxygen atoms in total. The zero-order valence-corrected chi connectivity index (χ0v) is 10.7. The smallest absolute Gasteiger partial charge is 0.137 e. The van der Waals surface area contributed by atoms with E-state index in [1.165, 1.54) is 23.5 Å². The Hall–Kier alpha value is -1.98. The van der Waals surface area contributed by atoms with Crippen LogP contribution in [0.1, 0.15) is 5.56 Å². The standard InChI is InChI=1S/C14H11FN2OS/c15-11-6-9(18)2-3-10(11)14-17-12-4-1-8(7-16)5-13(12)19-14/h1-6,18H,7,16H2. The van der Waals surface area contributed by atoms with Crippen LogP contribution in [-0.4, -0.2) is 10.1 Å². The fraction of sp³-hybridized carbons (Fsp3) is 0.0714. The fourth-order valence-electron chi connectivity index (χ4n) is 1.89. The average molecular weight is 274 g/mol. The summed E-state index contributed by atoms with van der Waals surface area (Å²) in [6, 6.07) is 9.85. The number of hydrogen-bond donors (Lipinski definition) is 2. The second-order valence-electron chi connectivity index (χ2n) is 4.19. The van der Waals surface area contributed by atoms with Gasteiger partial charge in [-0.1, -0.05) is 6.07 Å². The molecule has 0 amide bonds. The SMILES string of the molecule is NCc1ccc2nc(-c3ccc(O)cc3F)sc2c1. The Morgan fingerprint density at radius 2 is 2.05 bits per heavy atom. The van der Waals surface area contributed by atoms with Crippen LogP contribution in [0.2, 0.25) is 0 Å². The molecule has 5 heteroatoms. The molecule has 2 aromatic carbocycles. The number of hydrogen-bond acceptors (Lipinski definition) is 4. The van der Waals surface area contributed by atoms with Gasteiger partial charge in [0.15, 0.2) is 0 Å². The number of nitrogens with zero attached hydrogens (tertiary/aromatic N) is 1.